The molecule has 1 aliphatic rings. The second-order valence-electron chi connectivity index (χ2n) is 9.83. The van der Waals surface area contributed by atoms with Crippen molar-refractivity contribution in [3.8, 4) is 17.2 Å². The van der Waals surface area contributed by atoms with Crippen LogP contribution in [-0.2, 0) is 0 Å². The molecule has 2 heterocycles. The summed E-state index contributed by atoms with van der Waals surface area (Å²) in [6.45, 7) is 2.09. The first-order valence-electron chi connectivity index (χ1n) is 13.4. The molecule has 9 nitrogen and oxygen atoms in total. The number of phenolic OH excluding ortho intramolecular Hbond substituents is 1. The number of aromatic hydroxyl groups is 1. The molecule has 0 saturated carbocycles. The van der Waals surface area contributed by atoms with Crippen LogP contribution in [-0.4, -0.2) is 34.3 Å². The van der Waals surface area contributed by atoms with E-state index in [1.807, 2.05) is 66.7 Å². The van der Waals surface area contributed by atoms with Crippen LogP contribution in [0.1, 0.15) is 17.5 Å². The zero-order valence-corrected chi connectivity index (χ0v) is 23.7. The van der Waals surface area contributed by atoms with E-state index in [2.05, 4.69) is 15.7 Å². The largest absolute Gasteiger partial charge is 0.504 e. The van der Waals surface area contributed by atoms with Crippen LogP contribution in [0.25, 0.3) is 10.9 Å². The molecule has 6 rings (SSSR count). The molecule has 0 radical (unpaired) electrons. The number of aromatic nitrogens is 2. The number of amidine groups is 1. The second-order valence-corrected chi connectivity index (χ2v) is 10.2. The zero-order chi connectivity index (χ0) is 29.2. The van der Waals surface area contributed by atoms with Crippen LogP contribution in [0.2, 0.25) is 5.02 Å². The van der Waals surface area contributed by atoms with E-state index in [9.17, 15) is 9.90 Å². The van der Waals surface area contributed by atoms with Gasteiger partial charge in [0.2, 0.25) is 0 Å². The Labute approximate surface area is 247 Å². The van der Waals surface area contributed by atoms with Crippen molar-refractivity contribution >= 4 is 39.7 Å². The summed E-state index contributed by atoms with van der Waals surface area (Å²) in [7, 11) is 1.49. The van der Waals surface area contributed by atoms with Crippen molar-refractivity contribution in [2.45, 2.75) is 13.0 Å². The average Bonchev–Trinajstić information content (AvgIpc) is 3.15. The number of anilines is 1. The Hall–Kier alpha value is -5.02. The Morgan fingerprint density at radius 3 is 2.62 bits per heavy atom. The maximum Gasteiger partial charge on any atom is 0.280 e. The van der Waals surface area contributed by atoms with Crippen LogP contribution in [0.4, 0.5) is 11.4 Å². The third-order valence-corrected chi connectivity index (χ3v) is 7.49. The number of halogens is 1. The van der Waals surface area contributed by atoms with Crippen LogP contribution in [0, 0.1) is 12.8 Å². The molecule has 0 bridgehead atoms. The molecule has 0 amide bonds. The number of nitrogens with one attached hydrogen (secondary N) is 2. The monoisotopic (exact) mass is 581 g/mol. The number of nitrogens with zero attached hydrogens (tertiary/aromatic N) is 3. The van der Waals surface area contributed by atoms with Crippen molar-refractivity contribution < 1.29 is 14.6 Å². The van der Waals surface area contributed by atoms with Gasteiger partial charge in [-0.05, 0) is 61.0 Å². The fourth-order valence-corrected chi connectivity index (χ4v) is 5.22. The normalized spacial score (nSPS) is 16.1. The smallest absolute Gasteiger partial charge is 0.280 e. The number of hydrogen-bond donors (Lipinski definition) is 3. The lowest BCUT2D eigenvalue weighted by Crippen LogP contribution is -2.42. The number of fused-ring (bicyclic) bond motifs is 2. The van der Waals surface area contributed by atoms with Gasteiger partial charge in [0.1, 0.15) is 29.2 Å². The van der Waals surface area contributed by atoms with Crippen LogP contribution < -0.4 is 25.8 Å². The molecule has 212 valence electrons. The molecule has 10 heteroatoms. The minimum absolute atomic E-state index is 0.0115. The summed E-state index contributed by atoms with van der Waals surface area (Å²) in [4.78, 5) is 23.3. The van der Waals surface area contributed by atoms with Crippen molar-refractivity contribution in [3.63, 3.8) is 0 Å². The Morgan fingerprint density at radius 2 is 1.79 bits per heavy atom. The van der Waals surface area contributed by atoms with Gasteiger partial charge >= 0.3 is 0 Å². The quantitative estimate of drug-likeness (QED) is 0.219. The highest BCUT2D eigenvalue weighted by molar-refractivity contribution is 6.33. The number of hydrogen-bond acceptors (Lipinski definition) is 8. The van der Waals surface area contributed by atoms with Crippen molar-refractivity contribution in [3.05, 3.63) is 118 Å². The molecule has 3 N–H and O–H groups in total. The number of methoxy groups -OCH3 is 1. The number of ether oxygens (including phenoxy) is 2. The van der Waals surface area contributed by atoms with E-state index in [0.717, 1.165) is 11.3 Å². The van der Waals surface area contributed by atoms with Crippen molar-refractivity contribution in [1.82, 2.24) is 9.66 Å². The lowest BCUT2D eigenvalue weighted by Gasteiger charge is -2.29. The zero-order valence-electron chi connectivity index (χ0n) is 22.9. The molecule has 5 aromatic rings. The van der Waals surface area contributed by atoms with Crippen molar-refractivity contribution in [2.24, 2.45) is 10.9 Å². The molecule has 0 aliphatic carbocycles. The van der Waals surface area contributed by atoms with E-state index in [0.29, 0.717) is 51.3 Å². The topological polar surface area (TPSA) is 110 Å². The van der Waals surface area contributed by atoms with Gasteiger partial charge in [0.25, 0.3) is 5.56 Å². The van der Waals surface area contributed by atoms with E-state index >= 15 is 0 Å². The number of aryl methyl sites for hydroxylation is 1. The molecule has 0 saturated heterocycles. The van der Waals surface area contributed by atoms with Gasteiger partial charge in [0, 0.05) is 6.54 Å². The van der Waals surface area contributed by atoms with Gasteiger partial charge in [-0.15, -0.1) is 0 Å². The second kappa shape index (κ2) is 11.5. The van der Waals surface area contributed by atoms with E-state index in [1.165, 1.54) is 11.8 Å². The van der Waals surface area contributed by atoms with Crippen molar-refractivity contribution in [2.75, 3.05) is 24.4 Å². The van der Waals surface area contributed by atoms with Gasteiger partial charge in [0.05, 0.1) is 34.6 Å². The maximum absolute atomic E-state index is 13.7. The summed E-state index contributed by atoms with van der Waals surface area (Å²) in [6.07, 6.45) is -0.617. The van der Waals surface area contributed by atoms with Gasteiger partial charge in [0.15, 0.2) is 11.5 Å². The van der Waals surface area contributed by atoms with E-state index in [-0.39, 0.29) is 11.3 Å². The molecule has 0 spiro atoms. The molecular weight excluding hydrogens is 554 g/mol. The summed E-state index contributed by atoms with van der Waals surface area (Å²) in [5.41, 5.74) is 5.72. The van der Waals surface area contributed by atoms with Gasteiger partial charge in [-0.3, -0.25) is 10.2 Å². The molecule has 2 atom stereocenters. The summed E-state index contributed by atoms with van der Waals surface area (Å²) in [5, 5.41) is 14.8. The first kappa shape index (κ1) is 27.2. The predicted molar refractivity (Wildman–Crippen MR) is 165 cm³/mol. The molecule has 1 aliphatic heterocycles. The lowest BCUT2D eigenvalue weighted by molar-refractivity contribution is 0.175. The Bertz CT molecular complexity index is 1870. The van der Waals surface area contributed by atoms with Crippen molar-refractivity contribution in [1.29, 1.82) is 0 Å². The summed E-state index contributed by atoms with van der Waals surface area (Å²) in [6, 6.07) is 27.2. The third-order valence-electron chi connectivity index (χ3n) is 7.17. The van der Waals surface area contributed by atoms with E-state index < -0.39 is 12.0 Å². The molecular formula is C32H28ClN5O4. The van der Waals surface area contributed by atoms with E-state index in [1.54, 1.807) is 31.2 Å². The Morgan fingerprint density at radius 1 is 1.02 bits per heavy atom. The standard InChI is InChI=1S/C32H28ClN5O4/c1-19-35-24-11-5-3-9-21(24)32(40)38(19)37-31-22(18-34-25-12-6-4-10-23(25)33)30(20-15-16-27(39)29(17-20)41-2)42-28-14-8-7-13-26(28)36-31/h3-17,22,30,34,39H,18H2,1-2H3,(H,36,37). The van der Waals surface area contributed by atoms with Crippen LogP contribution in [0.15, 0.2) is 101 Å². The van der Waals surface area contributed by atoms with Gasteiger partial charge < -0.3 is 19.9 Å². The third kappa shape index (κ3) is 5.22. The highest BCUT2D eigenvalue weighted by atomic mass is 35.5. The first-order valence-corrected chi connectivity index (χ1v) is 13.8. The minimum atomic E-state index is -0.617. The highest BCUT2D eigenvalue weighted by Gasteiger charge is 2.34. The van der Waals surface area contributed by atoms with Crippen LogP contribution in [0.5, 0.6) is 17.2 Å². The molecule has 42 heavy (non-hydrogen) atoms. The molecule has 0 fully saturated rings. The summed E-state index contributed by atoms with van der Waals surface area (Å²) >= 11 is 6.48. The molecule has 4 aromatic carbocycles. The summed E-state index contributed by atoms with van der Waals surface area (Å²) in [5.74, 6) is 1.34. The minimum Gasteiger partial charge on any atom is -0.504 e. The van der Waals surface area contributed by atoms with Gasteiger partial charge in [-0.1, -0.05) is 54.1 Å². The average molecular weight is 582 g/mol. The van der Waals surface area contributed by atoms with Gasteiger partial charge in [-0.25, -0.2) is 14.7 Å². The SMILES string of the molecule is COc1cc(C2Oc3ccccc3N=C(Nn3c(C)nc4ccccc4c3=O)C2CNc2ccccc2Cl)ccc1O. The number of rotatable bonds is 6. The maximum atomic E-state index is 13.7. The molecule has 1 aromatic heterocycles. The lowest BCUT2D eigenvalue weighted by atomic mass is 9.93. The highest BCUT2D eigenvalue weighted by Crippen LogP contribution is 2.41. The Kier molecular flexibility index (Phi) is 7.41. The number of phenols is 1. The van der Waals surface area contributed by atoms with Crippen LogP contribution in [0.3, 0.4) is 0 Å². The fourth-order valence-electron chi connectivity index (χ4n) is 5.02. The molecule has 2 unspecified atom stereocenters. The number of aliphatic imine (C=N–C) groups is 1. The fraction of sp³-hybridized carbons (Fsp3) is 0.156. The Balaban J connectivity index is 1.51. The first-order chi connectivity index (χ1) is 20.4. The van der Waals surface area contributed by atoms with Crippen LogP contribution >= 0.6 is 11.6 Å². The summed E-state index contributed by atoms with van der Waals surface area (Å²) < 4.78 is 13.5. The predicted octanol–water partition coefficient (Wildman–Crippen LogP) is 6.21. The van der Waals surface area contributed by atoms with E-state index in [4.69, 9.17) is 26.1 Å². The number of benzene rings is 4. The van der Waals surface area contributed by atoms with Gasteiger partial charge in [-0.2, -0.15) is 0 Å². The number of para-hydroxylation sites is 4.